The average molecular weight is 409 g/mol. The van der Waals surface area contributed by atoms with E-state index in [9.17, 15) is 4.79 Å². The number of nitrogens with one attached hydrogen (secondary N) is 1. The molecule has 1 aliphatic carbocycles. The van der Waals surface area contributed by atoms with E-state index in [0.29, 0.717) is 11.3 Å². The van der Waals surface area contributed by atoms with Gasteiger partial charge in [0.15, 0.2) is 0 Å². The summed E-state index contributed by atoms with van der Waals surface area (Å²) >= 11 is 0. The van der Waals surface area contributed by atoms with Crippen LogP contribution in [0.3, 0.4) is 0 Å². The third kappa shape index (κ3) is 2.75. The number of nitrogens with two attached hydrogens (primary N) is 1. The number of hydrogen-bond donors (Lipinski definition) is 2. The Balaban J connectivity index is 1.51. The van der Waals surface area contributed by atoms with Crippen LogP contribution < -0.4 is 11.1 Å². The third-order valence-corrected chi connectivity index (χ3v) is 6.78. The molecular weight excluding hydrogens is 386 g/mol. The second-order valence-corrected chi connectivity index (χ2v) is 8.57. The molecule has 0 atom stereocenters. The summed E-state index contributed by atoms with van der Waals surface area (Å²) in [5, 5.41) is 9.35. The van der Waals surface area contributed by atoms with E-state index in [4.69, 9.17) is 15.8 Å². The topological polar surface area (TPSA) is 85.8 Å². The van der Waals surface area contributed by atoms with E-state index in [1.807, 2.05) is 47.1 Å². The van der Waals surface area contributed by atoms with Crippen molar-refractivity contribution in [2.45, 2.75) is 31.2 Å². The smallest absolute Gasteiger partial charge is 0.254 e. The molecule has 0 unspecified atom stereocenters. The van der Waals surface area contributed by atoms with Gasteiger partial charge < -0.3 is 11.1 Å². The van der Waals surface area contributed by atoms with Gasteiger partial charge in [0, 0.05) is 23.1 Å². The van der Waals surface area contributed by atoms with Crippen LogP contribution in [0.2, 0.25) is 0 Å². The van der Waals surface area contributed by atoms with Gasteiger partial charge in [-0.3, -0.25) is 4.79 Å². The highest BCUT2D eigenvalue weighted by molar-refractivity contribution is 6.04. The zero-order chi connectivity index (χ0) is 21.0. The lowest BCUT2D eigenvalue weighted by Gasteiger charge is -2.45. The molecule has 4 aromatic rings. The van der Waals surface area contributed by atoms with Gasteiger partial charge in [-0.15, -0.1) is 0 Å². The number of primary amides is 1. The summed E-state index contributed by atoms with van der Waals surface area (Å²) in [4.78, 5) is 17.3. The van der Waals surface area contributed by atoms with Gasteiger partial charge in [-0.1, -0.05) is 48.5 Å². The fourth-order valence-electron chi connectivity index (χ4n) is 4.96. The molecular formula is C25H23N5O. The van der Waals surface area contributed by atoms with Crippen LogP contribution in [0.4, 0.5) is 5.82 Å². The molecule has 2 aromatic carbocycles. The molecule has 0 saturated heterocycles. The number of hydrogen-bond acceptors (Lipinski definition) is 4. The SMILES string of the molecule is NC(=O)c1c(-c2ccc3ccc(-c4ccccc4)nc3c2)nn2c1NCCC21CCC1. The molecule has 0 bridgehead atoms. The summed E-state index contributed by atoms with van der Waals surface area (Å²) in [5.74, 6) is 0.311. The minimum atomic E-state index is -0.453. The lowest BCUT2D eigenvalue weighted by molar-refractivity contribution is 0.0996. The Morgan fingerprint density at radius 1 is 1.00 bits per heavy atom. The molecule has 31 heavy (non-hydrogen) atoms. The van der Waals surface area contributed by atoms with Crippen molar-refractivity contribution >= 4 is 22.6 Å². The van der Waals surface area contributed by atoms with Crippen molar-refractivity contribution in [2.24, 2.45) is 5.73 Å². The molecule has 1 aliphatic heterocycles. The molecule has 3 heterocycles. The third-order valence-electron chi connectivity index (χ3n) is 6.78. The molecule has 0 radical (unpaired) electrons. The van der Waals surface area contributed by atoms with Crippen LogP contribution in [-0.4, -0.2) is 27.2 Å². The molecule has 6 nitrogen and oxygen atoms in total. The standard InChI is InChI=1S/C25H23N5O/c26-23(31)21-22(29-30-24(21)27-14-13-25(30)11-4-12-25)18-8-7-17-9-10-19(28-20(17)15-18)16-5-2-1-3-6-16/h1-3,5-10,15,27H,4,11-14H2,(H2,26,31). The quantitative estimate of drug-likeness (QED) is 0.519. The Morgan fingerprint density at radius 2 is 1.81 bits per heavy atom. The lowest BCUT2D eigenvalue weighted by atomic mass is 9.73. The van der Waals surface area contributed by atoms with Crippen molar-refractivity contribution in [1.29, 1.82) is 0 Å². The maximum Gasteiger partial charge on any atom is 0.254 e. The van der Waals surface area contributed by atoms with Gasteiger partial charge in [-0.25, -0.2) is 9.67 Å². The van der Waals surface area contributed by atoms with Crippen molar-refractivity contribution in [3.05, 3.63) is 66.2 Å². The number of nitrogens with zero attached hydrogens (tertiary/aromatic N) is 3. The molecule has 1 spiro atoms. The molecule has 6 heteroatoms. The summed E-state index contributed by atoms with van der Waals surface area (Å²) < 4.78 is 2.04. The molecule has 2 aliphatic rings. The van der Waals surface area contributed by atoms with Crippen LogP contribution in [0, 0.1) is 0 Å². The Hall–Kier alpha value is -3.67. The second kappa shape index (κ2) is 6.67. The van der Waals surface area contributed by atoms with Crippen molar-refractivity contribution in [1.82, 2.24) is 14.8 Å². The van der Waals surface area contributed by atoms with Crippen molar-refractivity contribution in [2.75, 3.05) is 11.9 Å². The number of carbonyl (C=O) groups excluding carboxylic acids is 1. The Kier molecular flexibility index (Phi) is 3.90. The second-order valence-electron chi connectivity index (χ2n) is 8.57. The first-order chi connectivity index (χ1) is 15.1. The summed E-state index contributed by atoms with van der Waals surface area (Å²) in [5.41, 5.74) is 10.7. The van der Waals surface area contributed by atoms with E-state index < -0.39 is 5.91 Å². The van der Waals surface area contributed by atoms with Crippen molar-refractivity contribution < 1.29 is 4.79 Å². The Labute approximate surface area is 180 Å². The lowest BCUT2D eigenvalue weighted by Crippen LogP contribution is -2.46. The monoisotopic (exact) mass is 409 g/mol. The first-order valence-corrected chi connectivity index (χ1v) is 10.8. The van der Waals surface area contributed by atoms with E-state index >= 15 is 0 Å². The molecule has 3 N–H and O–H groups in total. The van der Waals surface area contributed by atoms with Crippen LogP contribution in [0.5, 0.6) is 0 Å². The van der Waals surface area contributed by atoms with E-state index in [1.54, 1.807) is 0 Å². The number of anilines is 1. The van der Waals surface area contributed by atoms with Crippen molar-refractivity contribution in [3.8, 4) is 22.5 Å². The fourth-order valence-corrected chi connectivity index (χ4v) is 4.96. The number of aromatic nitrogens is 3. The maximum atomic E-state index is 12.5. The van der Waals surface area contributed by atoms with Gasteiger partial charge in [-0.05, 0) is 37.8 Å². The van der Waals surface area contributed by atoms with E-state index in [-0.39, 0.29) is 5.54 Å². The fraction of sp³-hybridized carbons (Fsp3) is 0.240. The van der Waals surface area contributed by atoms with E-state index in [0.717, 1.165) is 59.3 Å². The van der Waals surface area contributed by atoms with Crippen LogP contribution in [0.25, 0.3) is 33.4 Å². The molecule has 2 aromatic heterocycles. The zero-order valence-corrected chi connectivity index (χ0v) is 17.1. The van der Waals surface area contributed by atoms with Gasteiger partial charge in [0.05, 0.1) is 16.7 Å². The highest BCUT2D eigenvalue weighted by Gasteiger charge is 2.44. The Bertz CT molecular complexity index is 1320. The normalized spacial score (nSPS) is 16.5. The Morgan fingerprint density at radius 3 is 2.55 bits per heavy atom. The highest BCUT2D eigenvalue weighted by atomic mass is 16.1. The summed E-state index contributed by atoms with van der Waals surface area (Å²) in [6.45, 7) is 0.838. The summed E-state index contributed by atoms with van der Waals surface area (Å²) in [7, 11) is 0. The van der Waals surface area contributed by atoms with Gasteiger partial charge in [0.1, 0.15) is 17.1 Å². The first kappa shape index (κ1) is 18.1. The summed E-state index contributed by atoms with van der Waals surface area (Å²) in [6, 6.07) is 20.3. The van der Waals surface area contributed by atoms with Gasteiger partial charge in [-0.2, -0.15) is 5.10 Å². The first-order valence-electron chi connectivity index (χ1n) is 10.8. The van der Waals surface area contributed by atoms with E-state index in [2.05, 4.69) is 23.5 Å². The van der Waals surface area contributed by atoms with Crippen LogP contribution in [0.1, 0.15) is 36.0 Å². The predicted octanol–water partition coefficient (Wildman–Crippen LogP) is 4.56. The molecule has 1 fully saturated rings. The minimum Gasteiger partial charge on any atom is -0.369 e. The van der Waals surface area contributed by atoms with Crippen LogP contribution >= 0.6 is 0 Å². The summed E-state index contributed by atoms with van der Waals surface area (Å²) in [6.07, 6.45) is 4.42. The maximum absolute atomic E-state index is 12.5. The number of rotatable bonds is 3. The van der Waals surface area contributed by atoms with Gasteiger partial charge >= 0.3 is 0 Å². The number of amides is 1. The highest BCUT2D eigenvalue weighted by Crippen LogP contribution is 2.47. The van der Waals surface area contributed by atoms with Crippen molar-refractivity contribution in [3.63, 3.8) is 0 Å². The average Bonchev–Trinajstić information content (AvgIpc) is 3.18. The largest absolute Gasteiger partial charge is 0.369 e. The van der Waals surface area contributed by atoms with Gasteiger partial charge in [0.2, 0.25) is 0 Å². The molecule has 1 saturated carbocycles. The number of pyridine rings is 1. The molecule has 6 rings (SSSR count). The minimum absolute atomic E-state index is 0.0264. The van der Waals surface area contributed by atoms with Gasteiger partial charge in [0.25, 0.3) is 5.91 Å². The molecule has 154 valence electrons. The van der Waals surface area contributed by atoms with E-state index in [1.165, 1.54) is 6.42 Å². The number of carbonyl (C=O) groups is 1. The predicted molar refractivity (Wildman–Crippen MR) is 122 cm³/mol. The van der Waals surface area contributed by atoms with Crippen LogP contribution in [-0.2, 0) is 5.54 Å². The molecule has 1 amide bonds. The zero-order valence-electron chi connectivity index (χ0n) is 17.1. The van der Waals surface area contributed by atoms with Crippen LogP contribution in [0.15, 0.2) is 60.7 Å². The number of fused-ring (bicyclic) bond motifs is 3. The number of benzene rings is 2.